The van der Waals surface area contributed by atoms with E-state index in [2.05, 4.69) is 27.4 Å². The number of nitrogens with one attached hydrogen (secondary N) is 1. The monoisotopic (exact) mass is 271 g/mol. The molecule has 0 unspecified atom stereocenters. The van der Waals surface area contributed by atoms with Gasteiger partial charge < -0.3 is 10.1 Å². The third-order valence-corrected chi connectivity index (χ3v) is 2.76. The number of aromatic nitrogens is 2. The van der Waals surface area contributed by atoms with Crippen molar-refractivity contribution in [3.8, 4) is 5.75 Å². The minimum atomic E-state index is 0.207. The second kappa shape index (κ2) is 7.01. The molecule has 0 atom stereocenters. The first-order chi connectivity index (χ1) is 9.63. The molecule has 1 aromatic carbocycles. The van der Waals surface area contributed by atoms with Crippen LogP contribution in [-0.4, -0.2) is 16.1 Å². The van der Waals surface area contributed by atoms with E-state index in [4.69, 9.17) is 4.74 Å². The van der Waals surface area contributed by atoms with Crippen molar-refractivity contribution in [1.82, 2.24) is 15.3 Å². The summed E-state index contributed by atoms with van der Waals surface area (Å²) in [6.07, 6.45) is 3.80. The Kier molecular flexibility index (Phi) is 5.07. The fourth-order valence-electron chi connectivity index (χ4n) is 1.80. The van der Waals surface area contributed by atoms with Gasteiger partial charge in [-0.25, -0.2) is 0 Å². The Hall–Kier alpha value is -1.94. The second-order valence-corrected chi connectivity index (χ2v) is 5.06. The molecule has 0 aliphatic heterocycles. The van der Waals surface area contributed by atoms with Crippen LogP contribution in [0.5, 0.6) is 5.75 Å². The van der Waals surface area contributed by atoms with Gasteiger partial charge in [0, 0.05) is 25.5 Å². The molecule has 0 amide bonds. The van der Waals surface area contributed by atoms with Crippen molar-refractivity contribution in [3.63, 3.8) is 0 Å². The lowest BCUT2D eigenvalue weighted by Crippen LogP contribution is -2.14. The van der Waals surface area contributed by atoms with Crippen molar-refractivity contribution in [2.45, 2.75) is 40.0 Å². The summed E-state index contributed by atoms with van der Waals surface area (Å²) in [5.41, 5.74) is 3.12. The summed E-state index contributed by atoms with van der Waals surface area (Å²) < 4.78 is 5.62. The first-order valence-electron chi connectivity index (χ1n) is 6.87. The lowest BCUT2D eigenvalue weighted by molar-refractivity contribution is 0.242. The molecule has 0 spiro atoms. The number of hydrogen-bond acceptors (Lipinski definition) is 4. The largest absolute Gasteiger partial charge is 0.491 e. The fraction of sp³-hybridized carbons (Fsp3) is 0.375. The van der Waals surface area contributed by atoms with Gasteiger partial charge in [0.25, 0.3) is 0 Å². The third-order valence-electron chi connectivity index (χ3n) is 2.76. The van der Waals surface area contributed by atoms with Crippen molar-refractivity contribution in [2.24, 2.45) is 0 Å². The predicted octanol–water partition coefficient (Wildman–Crippen LogP) is 2.86. The van der Waals surface area contributed by atoms with Crippen LogP contribution in [0.4, 0.5) is 0 Å². The van der Waals surface area contributed by atoms with Crippen LogP contribution in [-0.2, 0) is 13.1 Å². The molecule has 1 N–H and O–H groups in total. The summed E-state index contributed by atoms with van der Waals surface area (Å²) in [4.78, 5) is 8.54. The van der Waals surface area contributed by atoms with E-state index in [9.17, 15) is 0 Å². The van der Waals surface area contributed by atoms with E-state index in [1.807, 2.05) is 39.1 Å². The highest BCUT2D eigenvalue weighted by molar-refractivity contribution is 5.27. The Morgan fingerprint density at radius 1 is 1.05 bits per heavy atom. The van der Waals surface area contributed by atoms with Crippen LogP contribution in [0.15, 0.2) is 36.7 Å². The molecule has 1 aromatic heterocycles. The average molecular weight is 271 g/mol. The number of nitrogens with zero attached hydrogens (tertiary/aromatic N) is 2. The van der Waals surface area contributed by atoms with Gasteiger partial charge in [-0.05, 0) is 38.5 Å². The quantitative estimate of drug-likeness (QED) is 0.877. The van der Waals surface area contributed by atoms with Gasteiger partial charge >= 0.3 is 0 Å². The number of aryl methyl sites for hydroxylation is 1. The van der Waals surface area contributed by atoms with Gasteiger partial charge in [0.05, 0.1) is 17.5 Å². The van der Waals surface area contributed by atoms with Gasteiger partial charge in [0.1, 0.15) is 5.75 Å². The maximum atomic E-state index is 5.62. The van der Waals surface area contributed by atoms with Crippen molar-refractivity contribution in [1.29, 1.82) is 0 Å². The maximum absolute atomic E-state index is 5.62. The molecule has 20 heavy (non-hydrogen) atoms. The molecule has 0 fully saturated rings. The molecule has 106 valence electrons. The van der Waals surface area contributed by atoms with E-state index in [1.165, 1.54) is 5.56 Å². The van der Waals surface area contributed by atoms with Crippen LogP contribution in [0.25, 0.3) is 0 Å². The Balaban J connectivity index is 1.80. The van der Waals surface area contributed by atoms with Crippen LogP contribution in [0.1, 0.15) is 30.8 Å². The van der Waals surface area contributed by atoms with Crippen LogP contribution in [0.3, 0.4) is 0 Å². The molecule has 0 bridgehead atoms. The number of hydrogen-bond donors (Lipinski definition) is 1. The van der Waals surface area contributed by atoms with Gasteiger partial charge in [-0.2, -0.15) is 0 Å². The molecule has 0 aliphatic carbocycles. The van der Waals surface area contributed by atoms with Crippen LogP contribution >= 0.6 is 0 Å². The summed E-state index contributed by atoms with van der Waals surface area (Å²) in [5.74, 6) is 0.910. The summed E-state index contributed by atoms with van der Waals surface area (Å²) >= 11 is 0. The van der Waals surface area contributed by atoms with Gasteiger partial charge in [-0.15, -0.1) is 0 Å². The molecule has 4 heteroatoms. The highest BCUT2D eigenvalue weighted by Crippen LogP contribution is 2.13. The maximum Gasteiger partial charge on any atom is 0.119 e. The Morgan fingerprint density at radius 2 is 1.80 bits per heavy atom. The highest BCUT2D eigenvalue weighted by Gasteiger charge is 1.99. The molecule has 4 nitrogen and oxygen atoms in total. The summed E-state index contributed by atoms with van der Waals surface area (Å²) in [7, 11) is 0. The molecular formula is C16H21N3O. The first-order valence-corrected chi connectivity index (χ1v) is 6.87. The first kappa shape index (κ1) is 14.5. The third kappa shape index (κ3) is 4.63. The van der Waals surface area contributed by atoms with Crippen molar-refractivity contribution >= 4 is 0 Å². The molecule has 0 saturated carbocycles. The molecule has 2 aromatic rings. The second-order valence-electron chi connectivity index (χ2n) is 5.06. The van der Waals surface area contributed by atoms with E-state index in [-0.39, 0.29) is 6.10 Å². The zero-order chi connectivity index (χ0) is 14.4. The smallest absolute Gasteiger partial charge is 0.119 e. The van der Waals surface area contributed by atoms with Gasteiger partial charge in [0.2, 0.25) is 0 Å². The van der Waals surface area contributed by atoms with E-state index in [1.54, 1.807) is 6.20 Å². The van der Waals surface area contributed by atoms with Gasteiger partial charge in [-0.3, -0.25) is 9.97 Å². The zero-order valence-electron chi connectivity index (χ0n) is 12.3. The lowest BCUT2D eigenvalue weighted by Gasteiger charge is -2.10. The normalized spacial score (nSPS) is 10.8. The molecular weight excluding hydrogens is 250 g/mol. The van der Waals surface area contributed by atoms with E-state index in [0.717, 1.165) is 30.2 Å². The molecule has 0 saturated heterocycles. The van der Waals surface area contributed by atoms with E-state index < -0.39 is 0 Å². The number of rotatable bonds is 6. The standard InChI is InChI=1S/C16H21N3O/c1-12(2)20-16-6-4-14(5-7-16)9-17-10-15-11-18-13(3)8-19-15/h4-8,11-12,17H,9-10H2,1-3H3. The molecule has 2 rings (SSSR count). The summed E-state index contributed by atoms with van der Waals surface area (Å²) in [5, 5.41) is 3.35. The average Bonchev–Trinajstić information content (AvgIpc) is 2.42. The van der Waals surface area contributed by atoms with Crippen LogP contribution in [0, 0.1) is 6.92 Å². The SMILES string of the molecule is Cc1cnc(CNCc2ccc(OC(C)C)cc2)cn1. The van der Waals surface area contributed by atoms with Crippen LogP contribution < -0.4 is 10.1 Å². The summed E-state index contributed by atoms with van der Waals surface area (Å²) in [6.45, 7) is 7.51. The highest BCUT2D eigenvalue weighted by atomic mass is 16.5. The van der Waals surface area contributed by atoms with Crippen molar-refractivity contribution in [2.75, 3.05) is 0 Å². The molecule has 1 heterocycles. The zero-order valence-corrected chi connectivity index (χ0v) is 12.3. The van der Waals surface area contributed by atoms with E-state index >= 15 is 0 Å². The molecule has 0 radical (unpaired) electrons. The number of ether oxygens (including phenoxy) is 1. The fourth-order valence-corrected chi connectivity index (χ4v) is 1.80. The van der Waals surface area contributed by atoms with Crippen molar-refractivity contribution < 1.29 is 4.74 Å². The minimum absolute atomic E-state index is 0.207. The topological polar surface area (TPSA) is 47.0 Å². The summed E-state index contributed by atoms with van der Waals surface area (Å²) in [6, 6.07) is 8.16. The minimum Gasteiger partial charge on any atom is -0.491 e. The lowest BCUT2D eigenvalue weighted by atomic mass is 10.2. The van der Waals surface area contributed by atoms with Gasteiger partial charge in [0.15, 0.2) is 0 Å². The Labute approximate surface area is 120 Å². The predicted molar refractivity (Wildman–Crippen MR) is 79.5 cm³/mol. The Bertz CT molecular complexity index is 520. The van der Waals surface area contributed by atoms with E-state index in [0.29, 0.717) is 0 Å². The van der Waals surface area contributed by atoms with Gasteiger partial charge in [-0.1, -0.05) is 12.1 Å². The van der Waals surface area contributed by atoms with Crippen LogP contribution in [0.2, 0.25) is 0 Å². The molecule has 0 aliphatic rings. The number of benzene rings is 1. The Morgan fingerprint density at radius 3 is 2.40 bits per heavy atom. The van der Waals surface area contributed by atoms with Crippen molar-refractivity contribution in [3.05, 3.63) is 53.6 Å².